The molecule has 1 rings (SSSR count). The van der Waals surface area contributed by atoms with Gasteiger partial charge in [-0.25, -0.2) is 4.98 Å². The maximum absolute atomic E-state index is 9.45. The van der Waals surface area contributed by atoms with Gasteiger partial charge in [0.05, 0.1) is 13.7 Å². The molecule has 0 amide bonds. The number of methoxy groups -OCH3 is 1. The standard InChI is InChI=1S/C12H21N3O2/c1-4-12(5-2,9-16)8-14-11-13-7-6-10(15-11)17-3/h6-7,16H,4-5,8-9H2,1-3H3,(H,13,14,15). The van der Waals surface area contributed by atoms with E-state index in [1.165, 1.54) is 0 Å². The number of nitrogens with one attached hydrogen (secondary N) is 1. The van der Waals surface area contributed by atoms with Crippen molar-refractivity contribution in [3.63, 3.8) is 0 Å². The molecule has 1 aromatic rings. The monoisotopic (exact) mass is 239 g/mol. The van der Waals surface area contributed by atoms with Crippen LogP contribution in [0.1, 0.15) is 26.7 Å². The van der Waals surface area contributed by atoms with E-state index in [0.717, 1.165) is 12.8 Å². The summed E-state index contributed by atoms with van der Waals surface area (Å²) in [5, 5.41) is 12.6. The third-order valence-corrected chi connectivity index (χ3v) is 3.30. The van der Waals surface area contributed by atoms with Crippen molar-refractivity contribution in [3.8, 4) is 5.88 Å². The van der Waals surface area contributed by atoms with E-state index < -0.39 is 0 Å². The van der Waals surface area contributed by atoms with Crippen LogP contribution in [0.15, 0.2) is 12.3 Å². The minimum absolute atomic E-state index is 0.105. The summed E-state index contributed by atoms with van der Waals surface area (Å²) in [4.78, 5) is 8.28. The highest BCUT2D eigenvalue weighted by atomic mass is 16.5. The molecule has 5 heteroatoms. The number of anilines is 1. The summed E-state index contributed by atoms with van der Waals surface area (Å²) < 4.78 is 5.03. The quantitative estimate of drug-likeness (QED) is 0.758. The van der Waals surface area contributed by atoms with Crippen LogP contribution in [0, 0.1) is 5.41 Å². The second-order valence-corrected chi connectivity index (χ2v) is 4.14. The van der Waals surface area contributed by atoms with E-state index in [1.54, 1.807) is 19.4 Å². The molecular formula is C12H21N3O2. The molecule has 2 N–H and O–H groups in total. The average molecular weight is 239 g/mol. The van der Waals surface area contributed by atoms with Gasteiger partial charge in [0.25, 0.3) is 0 Å². The Morgan fingerprint density at radius 2 is 2.12 bits per heavy atom. The zero-order valence-corrected chi connectivity index (χ0v) is 10.7. The predicted octanol–water partition coefficient (Wildman–Crippen LogP) is 1.70. The lowest BCUT2D eigenvalue weighted by Gasteiger charge is -2.29. The van der Waals surface area contributed by atoms with Crippen LogP contribution in [0.4, 0.5) is 5.95 Å². The van der Waals surface area contributed by atoms with Crippen LogP contribution in [0.5, 0.6) is 5.88 Å². The van der Waals surface area contributed by atoms with Gasteiger partial charge < -0.3 is 15.2 Å². The van der Waals surface area contributed by atoms with Crippen LogP contribution in [0.2, 0.25) is 0 Å². The number of hydrogen-bond donors (Lipinski definition) is 2. The fraction of sp³-hybridized carbons (Fsp3) is 0.667. The number of aromatic nitrogens is 2. The van der Waals surface area contributed by atoms with E-state index in [1.807, 2.05) is 0 Å². The fourth-order valence-electron chi connectivity index (χ4n) is 1.59. The second-order valence-electron chi connectivity index (χ2n) is 4.14. The van der Waals surface area contributed by atoms with Crippen LogP contribution in [-0.4, -0.2) is 35.3 Å². The lowest BCUT2D eigenvalue weighted by atomic mass is 9.83. The first kappa shape index (κ1) is 13.7. The Morgan fingerprint density at radius 3 is 2.65 bits per heavy atom. The van der Waals surface area contributed by atoms with E-state index in [-0.39, 0.29) is 12.0 Å². The smallest absolute Gasteiger partial charge is 0.225 e. The highest BCUT2D eigenvalue weighted by Gasteiger charge is 2.25. The molecular weight excluding hydrogens is 218 g/mol. The van der Waals surface area contributed by atoms with Crippen LogP contribution in [0.3, 0.4) is 0 Å². The summed E-state index contributed by atoms with van der Waals surface area (Å²) >= 11 is 0. The van der Waals surface area contributed by atoms with Gasteiger partial charge in [-0.15, -0.1) is 0 Å². The van der Waals surface area contributed by atoms with Crippen LogP contribution in [-0.2, 0) is 0 Å². The molecule has 0 saturated heterocycles. The Kier molecular flexibility index (Phi) is 5.15. The van der Waals surface area contributed by atoms with Crippen molar-refractivity contribution >= 4 is 5.95 Å². The first-order chi connectivity index (χ1) is 8.19. The first-order valence-electron chi connectivity index (χ1n) is 5.91. The van der Waals surface area contributed by atoms with E-state index in [4.69, 9.17) is 4.74 Å². The SMILES string of the molecule is CCC(CC)(CO)CNc1nccc(OC)n1. The summed E-state index contributed by atoms with van der Waals surface area (Å²) in [5.74, 6) is 1.06. The van der Waals surface area contributed by atoms with Crippen molar-refractivity contribution in [1.29, 1.82) is 0 Å². The Bertz CT molecular complexity index is 332. The summed E-state index contributed by atoms with van der Waals surface area (Å²) in [6.07, 6.45) is 3.47. The molecule has 0 aliphatic carbocycles. The summed E-state index contributed by atoms with van der Waals surface area (Å²) in [5.41, 5.74) is -0.105. The van der Waals surface area contributed by atoms with Crippen LogP contribution >= 0.6 is 0 Å². The first-order valence-corrected chi connectivity index (χ1v) is 5.91. The molecule has 0 bridgehead atoms. The van der Waals surface area contributed by atoms with Gasteiger partial charge in [-0.2, -0.15) is 4.98 Å². The van der Waals surface area contributed by atoms with Crippen molar-refractivity contribution in [1.82, 2.24) is 9.97 Å². The molecule has 96 valence electrons. The molecule has 0 unspecified atom stereocenters. The highest BCUT2D eigenvalue weighted by molar-refractivity contribution is 5.27. The molecule has 1 heterocycles. The largest absolute Gasteiger partial charge is 0.481 e. The Morgan fingerprint density at radius 1 is 1.41 bits per heavy atom. The normalized spacial score (nSPS) is 11.3. The molecule has 0 atom stereocenters. The molecule has 0 aromatic carbocycles. The second kappa shape index (κ2) is 6.39. The molecule has 0 radical (unpaired) electrons. The van der Waals surface area contributed by atoms with Crippen molar-refractivity contribution in [2.45, 2.75) is 26.7 Å². The van der Waals surface area contributed by atoms with Gasteiger partial charge in [-0.05, 0) is 12.8 Å². The molecule has 0 saturated carbocycles. The zero-order valence-electron chi connectivity index (χ0n) is 10.7. The van der Waals surface area contributed by atoms with Crippen molar-refractivity contribution in [2.75, 3.05) is 25.6 Å². The minimum Gasteiger partial charge on any atom is -0.481 e. The maximum Gasteiger partial charge on any atom is 0.225 e. The molecule has 1 aromatic heterocycles. The number of rotatable bonds is 7. The van der Waals surface area contributed by atoms with Crippen LogP contribution < -0.4 is 10.1 Å². The molecule has 17 heavy (non-hydrogen) atoms. The highest BCUT2D eigenvalue weighted by Crippen LogP contribution is 2.25. The number of aliphatic hydroxyl groups is 1. The summed E-state index contributed by atoms with van der Waals surface area (Å²) in [6, 6.07) is 1.70. The summed E-state index contributed by atoms with van der Waals surface area (Å²) in [6.45, 7) is 4.97. The van der Waals surface area contributed by atoms with Gasteiger partial charge >= 0.3 is 0 Å². The Hall–Kier alpha value is -1.36. The molecule has 0 fully saturated rings. The van der Waals surface area contributed by atoms with E-state index >= 15 is 0 Å². The Balaban J connectivity index is 2.65. The van der Waals surface area contributed by atoms with E-state index in [0.29, 0.717) is 18.4 Å². The van der Waals surface area contributed by atoms with Gasteiger partial charge in [0.2, 0.25) is 11.8 Å². The molecule has 0 spiro atoms. The van der Waals surface area contributed by atoms with Gasteiger partial charge in [0.15, 0.2) is 0 Å². The zero-order chi connectivity index (χ0) is 12.7. The predicted molar refractivity (Wildman–Crippen MR) is 67.2 cm³/mol. The van der Waals surface area contributed by atoms with E-state index in [9.17, 15) is 5.11 Å². The lowest BCUT2D eigenvalue weighted by molar-refractivity contribution is 0.127. The van der Waals surface area contributed by atoms with Crippen LogP contribution in [0.25, 0.3) is 0 Å². The fourth-order valence-corrected chi connectivity index (χ4v) is 1.59. The van der Waals surface area contributed by atoms with Gasteiger partial charge in [-0.1, -0.05) is 13.8 Å². The number of aliphatic hydroxyl groups excluding tert-OH is 1. The number of hydrogen-bond acceptors (Lipinski definition) is 5. The van der Waals surface area contributed by atoms with Gasteiger partial charge in [0.1, 0.15) is 0 Å². The summed E-state index contributed by atoms with van der Waals surface area (Å²) in [7, 11) is 1.57. The average Bonchev–Trinajstić information content (AvgIpc) is 2.41. The third kappa shape index (κ3) is 3.56. The molecule has 0 aliphatic heterocycles. The maximum atomic E-state index is 9.45. The van der Waals surface area contributed by atoms with Crippen molar-refractivity contribution in [3.05, 3.63) is 12.3 Å². The van der Waals surface area contributed by atoms with Gasteiger partial charge in [0, 0.05) is 24.2 Å². The number of nitrogens with zero attached hydrogens (tertiary/aromatic N) is 2. The Labute approximate surface area is 102 Å². The molecule has 5 nitrogen and oxygen atoms in total. The lowest BCUT2D eigenvalue weighted by Crippen LogP contribution is -2.32. The number of ether oxygens (including phenoxy) is 1. The molecule has 0 aliphatic rings. The topological polar surface area (TPSA) is 67.3 Å². The minimum atomic E-state index is -0.105. The van der Waals surface area contributed by atoms with Crippen molar-refractivity contribution < 1.29 is 9.84 Å². The van der Waals surface area contributed by atoms with Crippen molar-refractivity contribution in [2.24, 2.45) is 5.41 Å². The van der Waals surface area contributed by atoms with Gasteiger partial charge in [-0.3, -0.25) is 0 Å². The van der Waals surface area contributed by atoms with E-state index in [2.05, 4.69) is 29.1 Å². The third-order valence-electron chi connectivity index (χ3n) is 3.30.